The van der Waals surface area contributed by atoms with Gasteiger partial charge in [0.2, 0.25) is 5.91 Å². The molecule has 4 nitrogen and oxygen atoms in total. The highest BCUT2D eigenvalue weighted by Crippen LogP contribution is 2.09. The molecule has 128 valence electrons. The summed E-state index contributed by atoms with van der Waals surface area (Å²) in [5.41, 5.74) is 4.95. The maximum Gasteiger partial charge on any atom is 0.243 e. The first kappa shape index (κ1) is 22.7. The minimum Gasteiger partial charge on any atom is -0.494 e. The second-order valence-corrected chi connectivity index (χ2v) is 4.09. The summed E-state index contributed by atoms with van der Waals surface area (Å²) in [5, 5.41) is 0. The van der Waals surface area contributed by atoms with E-state index in [2.05, 4.69) is 0 Å². The highest BCUT2D eigenvalue weighted by molar-refractivity contribution is 5.74. The minimum atomic E-state index is -0.411. The Bertz CT molecular complexity index is 328. The molecule has 0 saturated carbocycles. The van der Waals surface area contributed by atoms with E-state index in [0.29, 0.717) is 6.61 Å². The molecule has 0 spiro atoms. The van der Waals surface area contributed by atoms with Crippen molar-refractivity contribution >= 4 is 5.91 Å². The summed E-state index contributed by atoms with van der Waals surface area (Å²) in [6.07, 6.45) is 4.17. The molecule has 4 heteroatoms. The third-order valence-corrected chi connectivity index (χ3v) is 2.44. The van der Waals surface area contributed by atoms with Crippen molar-refractivity contribution < 1.29 is 14.3 Å². The summed E-state index contributed by atoms with van der Waals surface area (Å²) in [5.74, 6) is 0.508. The molecule has 0 aliphatic carbocycles. The summed E-state index contributed by atoms with van der Waals surface area (Å²) in [4.78, 5) is 10.4. The Kier molecular flexibility index (Phi) is 20.1. The lowest BCUT2D eigenvalue weighted by Crippen LogP contribution is -2.18. The van der Waals surface area contributed by atoms with Crippen LogP contribution in [0.25, 0.3) is 0 Å². The third kappa shape index (κ3) is 16.5. The van der Waals surface area contributed by atoms with Crippen molar-refractivity contribution in [3.63, 3.8) is 0 Å². The van der Waals surface area contributed by atoms with Gasteiger partial charge in [-0.2, -0.15) is 0 Å². The summed E-state index contributed by atoms with van der Waals surface area (Å²) in [6.45, 7) is 9.37. The Morgan fingerprint density at radius 2 is 1.45 bits per heavy atom. The van der Waals surface area contributed by atoms with Crippen LogP contribution in [-0.2, 0) is 9.53 Å². The van der Waals surface area contributed by atoms with E-state index >= 15 is 0 Å². The summed E-state index contributed by atoms with van der Waals surface area (Å²) in [7, 11) is 0. The highest BCUT2D eigenvalue weighted by Gasteiger charge is 1.95. The van der Waals surface area contributed by atoms with E-state index in [1.165, 1.54) is 0 Å². The van der Waals surface area contributed by atoms with E-state index in [9.17, 15) is 4.79 Å². The van der Waals surface area contributed by atoms with Gasteiger partial charge in [0.25, 0.3) is 0 Å². The molecule has 0 unspecified atom stereocenters. The largest absolute Gasteiger partial charge is 0.494 e. The number of ether oxygens (including phenoxy) is 2. The number of para-hydroxylation sites is 1. The van der Waals surface area contributed by atoms with Gasteiger partial charge in [0.05, 0.1) is 6.61 Å². The average Bonchev–Trinajstić information content (AvgIpc) is 2.58. The molecule has 0 heterocycles. The molecule has 1 amide bonds. The van der Waals surface area contributed by atoms with Gasteiger partial charge in [-0.3, -0.25) is 4.79 Å². The first-order valence-electron chi connectivity index (χ1n) is 8.33. The molecule has 1 rings (SSSR count). The molecule has 0 aliphatic heterocycles. The predicted molar refractivity (Wildman–Crippen MR) is 93.1 cm³/mol. The van der Waals surface area contributed by atoms with E-state index < -0.39 is 5.91 Å². The fourth-order valence-electron chi connectivity index (χ4n) is 1.54. The molecule has 0 atom stereocenters. The Morgan fingerprint density at radius 1 is 0.909 bits per heavy atom. The fraction of sp³-hybridized carbons (Fsp3) is 0.611. The van der Waals surface area contributed by atoms with Gasteiger partial charge in [0.15, 0.2) is 0 Å². The number of primary amides is 1. The van der Waals surface area contributed by atoms with Crippen LogP contribution in [0.5, 0.6) is 5.75 Å². The van der Waals surface area contributed by atoms with Crippen molar-refractivity contribution in [2.75, 3.05) is 19.8 Å². The second-order valence-electron chi connectivity index (χ2n) is 4.09. The molecule has 22 heavy (non-hydrogen) atoms. The number of unbranched alkanes of at least 4 members (excludes halogenated alkanes) is 3. The molecule has 1 aromatic carbocycles. The van der Waals surface area contributed by atoms with Crippen LogP contribution in [-0.4, -0.2) is 25.7 Å². The SMILES string of the molecule is CC.CC.NC(=O)COCCCCCCOc1ccccc1. The number of rotatable bonds is 10. The van der Waals surface area contributed by atoms with Gasteiger partial charge < -0.3 is 15.2 Å². The van der Waals surface area contributed by atoms with Crippen LogP contribution in [0.2, 0.25) is 0 Å². The monoisotopic (exact) mass is 311 g/mol. The van der Waals surface area contributed by atoms with Crippen molar-refractivity contribution in [1.82, 2.24) is 0 Å². The predicted octanol–water partition coefficient (Wildman–Crippen LogP) is 4.18. The van der Waals surface area contributed by atoms with Crippen molar-refractivity contribution in [1.29, 1.82) is 0 Å². The Labute approximate surface area is 136 Å². The van der Waals surface area contributed by atoms with Crippen LogP contribution >= 0.6 is 0 Å². The number of benzene rings is 1. The number of nitrogens with two attached hydrogens (primary N) is 1. The van der Waals surface area contributed by atoms with E-state index in [1.54, 1.807) is 0 Å². The van der Waals surface area contributed by atoms with Crippen molar-refractivity contribution in [3.05, 3.63) is 30.3 Å². The molecule has 0 radical (unpaired) electrons. The lowest BCUT2D eigenvalue weighted by atomic mass is 10.2. The smallest absolute Gasteiger partial charge is 0.243 e. The zero-order chi connectivity index (χ0) is 17.1. The Hall–Kier alpha value is -1.55. The minimum absolute atomic E-state index is 0.0249. The topological polar surface area (TPSA) is 61.6 Å². The number of carbonyl (C=O) groups excluding carboxylic acids is 1. The Balaban J connectivity index is 0. The van der Waals surface area contributed by atoms with Gasteiger partial charge in [0.1, 0.15) is 12.4 Å². The molecular formula is C18H33NO3. The molecule has 0 saturated heterocycles. The quantitative estimate of drug-likeness (QED) is 0.659. The third-order valence-electron chi connectivity index (χ3n) is 2.44. The van der Waals surface area contributed by atoms with Gasteiger partial charge in [0, 0.05) is 6.61 Å². The molecular weight excluding hydrogens is 278 g/mol. The standard InChI is InChI=1S/C14H21NO3.2C2H6/c15-14(16)12-17-10-6-1-2-7-11-18-13-8-4-3-5-9-13;2*1-2/h3-5,8-9H,1-2,6-7,10-12H2,(H2,15,16);2*1-2H3. The highest BCUT2D eigenvalue weighted by atomic mass is 16.5. The number of hydrogen-bond acceptors (Lipinski definition) is 3. The molecule has 0 aromatic heterocycles. The number of amides is 1. The lowest BCUT2D eigenvalue weighted by Gasteiger charge is -2.05. The second kappa shape index (κ2) is 19.4. The van der Waals surface area contributed by atoms with Crippen LogP contribution in [0.1, 0.15) is 53.4 Å². The van der Waals surface area contributed by atoms with Crippen LogP contribution in [0.3, 0.4) is 0 Å². The molecule has 0 bridgehead atoms. The molecule has 0 aliphatic rings. The van der Waals surface area contributed by atoms with Gasteiger partial charge >= 0.3 is 0 Å². The molecule has 2 N–H and O–H groups in total. The fourth-order valence-corrected chi connectivity index (χ4v) is 1.54. The van der Waals surface area contributed by atoms with Crippen LogP contribution in [0.15, 0.2) is 30.3 Å². The zero-order valence-corrected chi connectivity index (χ0v) is 14.6. The maximum absolute atomic E-state index is 10.4. The molecule has 1 aromatic rings. The van der Waals surface area contributed by atoms with Crippen LogP contribution in [0.4, 0.5) is 0 Å². The first-order chi connectivity index (χ1) is 10.8. The Morgan fingerprint density at radius 3 is 2.00 bits per heavy atom. The average molecular weight is 311 g/mol. The van der Waals surface area contributed by atoms with Gasteiger partial charge in [-0.25, -0.2) is 0 Å². The van der Waals surface area contributed by atoms with Crippen molar-refractivity contribution in [3.8, 4) is 5.75 Å². The number of hydrogen-bond donors (Lipinski definition) is 1. The van der Waals surface area contributed by atoms with E-state index in [-0.39, 0.29) is 6.61 Å². The van der Waals surface area contributed by atoms with Crippen LogP contribution < -0.4 is 10.5 Å². The molecule has 0 fully saturated rings. The van der Waals surface area contributed by atoms with Crippen molar-refractivity contribution in [2.45, 2.75) is 53.4 Å². The van der Waals surface area contributed by atoms with Crippen molar-refractivity contribution in [2.24, 2.45) is 5.73 Å². The number of carbonyl (C=O) groups is 1. The lowest BCUT2D eigenvalue weighted by molar-refractivity contribution is -0.122. The summed E-state index contributed by atoms with van der Waals surface area (Å²) < 4.78 is 10.6. The summed E-state index contributed by atoms with van der Waals surface area (Å²) >= 11 is 0. The van der Waals surface area contributed by atoms with E-state index in [0.717, 1.165) is 38.0 Å². The van der Waals surface area contributed by atoms with Crippen LogP contribution in [0, 0.1) is 0 Å². The van der Waals surface area contributed by atoms with Gasteiger partial charge in [-0.1, -0.05) is 52.3 Å². The van der Waals surface area contributed by atoms with E-state index in [4.69, 9.17) is 15.2 Å². The first-order valence-corrected chi connectivity index (χ1v) is 8.33. The van der Waals surface area contributed by atoms with E-state index in [1.807, 2.05) is 58.0 Å². The zero-order valence-electron chi connectivity index (χ0n) is 14.6. The summed E-state index contributed by atoms with van der Waals surface area (Å²) in [6, 6.07) is 9.81. The maximum atomic E-state index is 10.4. The normalized spacial score (nSPS) is 8.91. The van der Waals surface area contributed by atoms with Gasteiger partial charge in [-0.05, 0) is 31.4 Å². The van der Waals surface area contributed by atoms with Gasteiger partial charge in [-0.15, -0.1) is 0 Å².